The molecule has 1 aliphatic heterocycles. The van der Waals surface area contributed by atoms with Gasteiger partial charge in [-0.1, -0.05) is 0 Å². The first-order valence-corrected chi connectivity index (χ1v) is 3.11. The van der Waals surface area contributed by atoms with Crippen molar-refractivity contribution in [3.8, 4) is 0 Å². The molecule has 0 spiro atoms. The number of carbonyl (C=O) groups excluding carboxylic acids is 1. The molecule has 0 fully saturated rings. The number of aldehydes is 1. The highest BCUT2D eigenvalue weighted by Crippen LogP contribution is 2.11. The van der Waals surface area contributed by atoms with E-state index in [1.54, 1.807) is 0 Å². The van der Waals surface area contributed by atoms with E-state index in [-0.39, 0.29) is 17.9 Å². The fraction of sp³-hybridized carbons (Fsp3) is 0.286. The lowest BCUT2D eigenvalue weighted by Crippen LogP contribution is -2.22. The number of nitrogens with one attached hydrogen (secondary N) is 1. The summed E-state index contributed by atoms with van der Waals surface area (Å²) in [5, 5.41) is 2.60. The largest absolute Gasteiger partial charge is 0.482 e. The number of allylic oxidation sites excluding steroid dienone is 2. The van der Waals surface area contributed by atoms with Crippen molar-refractivity contribution in [2.45, 2.75) is 0 Å². The molecule has 0 saturated carbocycles. The van der Waals surface area contributed by atoms with Gasteiger partial charge in [-0.3, -0.25) is 4.79 Å². The van der Waals surface area contributed by atoms with Crippen LogP contribution in [0.3, 0.4) is 0 Å². The molecule has 0 bridgehead atoms. The van der Waals surface area contributed by atoms with Crippen LogP contribution in [0.5, 0.6) is 0 Å². The van der Waals surface area contributed by atoms with Crippen molar-refractivity contribution in [2.75, 3.05) is 13.7 Å². The summed E-state index contributed by atoms with van der Waals surface area (Å²) < 4.78 is 17.2. The molecule has 3 nitrogen and oxygen atoms in total. The van der Waals surface area contributed by atoms with Gasteiger partial charge in [0.05, 0.1) is 19.2 Å². The highest BCUT2D eigenvalue weighted by molar-refractivity contribution is 5.78. The summed E-state index contributed by atoms with van der Waals surface area (Å²) in [6.45, 7) is 0.0838. The van der Waals surface area contributed by atoms with E-state index in [1.807, 2.05) is 0 Å². The Hall–Kier alpha value is -1.32. The van der Waals surface area contributed by atoms with Gasteiger partial charge in [0, 0.05) is 0 Å². The van der Waals surface area contributed by atoms with Gasteiger partial charge in [0.2, 0.25) is 0 Å². The summed E-state index contributed by atoms with van der Waals surface area (Å²) >= 11 is 0. The third-order valence-electron chi connectivity index (χ3n) is 1.32. The molecule has 0 aliphatic carbocycles. The smallest absolute Gasteiger partial charge is 0.197 e. The Labute approximate surface area is 63.5 Å². The van der Waals surface area contributed by atoms with E-state index in [0.717, 1.165) is 6.08 Å². The maximum Gasteiger partial charge on any atom is 0.197 e. The molecule has 0 aromatic heterocycles. The predicted octanol–water partition coefficient (Wildman–Crippen LogP) is 0.500. The van der Waals surface area contributed by atoms with Gasteiger partial charge in [-0.2, -0.15) is 0 Å². The minimum Gasteiger partial charge on any atom is -0.482 e. The molecule has 0 radical (unpaired) electrons. The van der Waals surface area contributed by atoms with Crippen LogP contribution in [0.4, 0.5) is 4.39 Å². The van der Waals surface area contributed by atoms with Gasteiger partial charge >= 0.3 is 0 Å². The number of halogens is 1. The van der Waals surface area contributed by atoms with Crippen LogP contribution >= 0.6 is 0 Å². The lowest BCUT2D eigenvalue weighted by molar-refractivity contribution is -0.104. The van der Waals surface area contributed by atoms with Crippen LogP contribution in [0, 0.1) is 0 Å². The van der Waals surface area contributed by atoms with Gasteiger partial charge in [-0.05, 0) is 6.08 Å². The zero-order chi connectivity index (χ0) is 8.27. The zero-order valence-corrected chi connectivity index (χ0v) is 6.06. The van der Waals surface area contributed by atoms with E-state index in [2.05, 4.69) is 5.32 Å². The summed E-state index contributed by atoms with van der Waals surface area (Å²) in [5.74, 6) is -0.0469. The highest BCUT2D eigenvalue weighted by Gasteiger charge is 2.11. The van der Waals surface area contributed by atoms with Gasteiger partial charge in [0.25, 0.3) is 0 Å². The van der Waals surface area contributed by atoms with E-state index in [4.69, 9.17) is 4.74 Å². The summed E-state index contributed by atoms with van der Waals surface area (Å²) in [4.78, 5) is 10.3. The van der Waals surface area contributed by atoms with E-state index >= 15 is 0 Å². The molecular weight excluding hydrogens is 149 g/mol. The fourth-order valence-electron chi connectivity index (χ4n) is 0.830. The Kier molecular flexibility index (Phi) is 2.25. The monoisotopic (exact) mass is 157 g/mol. The second kappa shape index (κ2) is 3.18. The minimum absolute atomic E-state index is 0.0838. The lowest BCUT2D eigenvalue weighted by Gasteiger charge is -2.13. The normalized spacial score (nSPS) is 17.1. The number of rotatable bonds is 2. The maximum atomic E-state index is 12.5. The number of hydrogen-bond acceptors (Lipinski definition) is 3. The van der Waals surface area contributed by atoms with Crippen LogP contribution in [-0.4, -0.2) is 19.9 Å². The molecule has 4 heteroatoms. The van der Waals surface area contributed by atoms with E-state index in [9.17, 15) is 9.18 Å². The molecule has 0 atom stereocenters. The maximum absolute atomic E-state index is 12.5. The van der Waals surface area contributed by atoms with E-state index in [1.165, 1.54) is 7.11 Å². The summed E-state index contributed by atoms with van der Waals surface area (Å²) in [6, 6.07) is 0. The van der Waals surface area contributed by atoms with Crippen LogP contribution in [0.15, 0.2) is 23.4 Å². The Bertz CT molecular complexity index is 233. The average molecular weight is 157 g/mol. The Morgan fingerprint density at radius 1 is 1.82 bits per heavy atom. The molecule has 0 amide bonds. The number of dihydropyridines is 1. The van der Waals surface area contributed by atoms with Crippen molar-refractivity contribution in [3.63, 3.8) is 0 Å². The van der Waals surface area contributed by atoms with Crippen LogP contribution in [0.25, 0.3) is 0 Å². The molecule has 11 heavy (non-hydrogen) atoms. The first kappa shape index (κ1) is 7.78. The third-order valence-corrected chi connectivity index (χ3v) is 1.32. The van der Waals surface area contributed by atoms with Crippen molar-refractivity contribution in [2.24, 2.45) is 0 Å². The molecule has 0 aromatic carbocycles. The summed E-state index contributed by atoms with van der Waals surface area (Å²) in [7, 11) is 1.42. The third kappa shape index (κ3) is 1.58. The Balaban J connectivity index is 2.92. The molecule has 1 rings (SSSR count). The molecular formula is C7H8FNO2. The zero-order valence-electron chi connectivity index (χ0n) is 6.06. The molecule has 1 heterocycles. The first-order valence-electron chi connectivity index (χ1n) is 3.11. The summed E-state index contributed by atoms with van der Waals surface area (Å²) in [6.07, 6.45) is 1.70. The van der Waals surface area contributed by atoms with Gasteiger partial charge in [0.15, 0.2) is 12.2 Å². The minimum atomic E-state index is -0.368. The molecule has 0 aromatic rings. The number of ether oxygens (including phenoxy) is 1. The van der Waals surface area contributed by atoms with Crippen LogP contribution in [0.2, 0.25) is 0 Å². The standard InChI is InChI=1S/C7H8FNO2/c1-11-7-5(4-10)2-6(8)3-9-7/h2,4,9H,3H2,1H3. The molecule has 1 aliphatic rings. The summed E-state index contributed by atoms with van der Waals surface area (Å²) in [5.41, 5.74) is 0.205. The Morgan fingerprint density at radius 3 is 3.09 bits per heavy atom. The first-order chi connectivity index (χ1) is 5.27. The lowest BCUT2D eigenvalue weighted by atomic mass is 10.2. The Morgan fingerprint density at radius 2 is 2.55 bits per heavy atom. The highest BCUT2D eigenvalue weighted by atomic mass is 19.1. The van der Waals surface area contributed by atoms with Gasteiger partial charge < -0.3 is 10.1 Å². The molecule has 1 N–H and O–H groups in total. The van der Waals surface area contributed by atoms with Crippen LogP contribution in [0.1, 0.15) is 0 Å². The fourth-order valence-corrected chi connectivity index (χ4v) is 0.830. The van der Waals surface area contributed by atoms with Crippen molar-refractivity contribution >= 4 is 6.29 Å². The van der Waals surface area contributed by atoms with Gasteiger partial charge in [-0.25, -0.2) is 4.39 Å². The average Bonchev–Trinajstić information content (AvgIpc) is 2.04. The van der Waals surface area contributed by atoms with Gasteiger partial charge in [-0.15, -0.1) is 0 Å². The van der Waals surface area contributed by atoms with Crippen molar-refractivity contribution in [1.82, 2.24) is 5.32 Å². The second-order valence-electron chi connectivity index (χ2n) is 2.05. The van der Waals surface area contributed by atoms with Crippen molar-refractivity contribution in [1.29, 1.82) is 0 Å². The van der Waals surface area contributed by atoms with Crippen molar-refractivity contribution in [3.05, 3.63) is 23.4 Å². The predicted molar refractivity (Wildman–Crippen MR) is 37.3 cm³/mol. The van der Waals surface area contributed by atoms with Crippen LogP contribution < -0.4 is 5.32 Å². The molecule has 60 valence electrons. The van der Waals surface area contributed by atoms with E-state index in [0.29, 0.717) is 12.2 Å². The second-order valence-corrected chi connectivity index (χ2v) is 2.05. The van der Waals surface area contributed by atoms with Crippen LogP contribution in [-0.2, 0) is 9.53 Å². The SMILES string of the molecule is COC1=C(C=O)C=C(F)CN1. The number of hydrogen-bond donors (Lipinski definition) is 1. The quantitative estimate of drug-likeness (QED) is 0.593. The van der Waals surface area contributed by atoms with Gasteiger partial charge in [0.1, 0.15) is 5.83 Å². The topological polar surface area (TPSA) is 38.3 Å². The molecule has 0 saturated heterocycles. The number of carbonyl (C=O) groups is 1. The molecule has 0 unspecified atom stereocenters. The number of methoxy groups -OCH3 is 1. The van der Waals surface area contributed by atoms with Crippen molar-refractivity contribution < 1.29 is 13.9 Å². The van der Waals surface area contributed by atoms with E-state index < -0.39 is 0 Å².